The number of nitrogens with one attached hydrogen (secondary N) is 1. The average molecular weight is 250 g/mol. The Morgan fingerprint density at radius 1 is 1.39 bits per heavy atom. The van der Waals surface area contributed by atoms with E-state index in [2.05, 4.69) is 27.3 Å². The van der Waals surface area contributed by atoms with Crippen molar-refractivity contribution in [2.45, 2.75) is 51.1 Å². The molecule has 3 rings (SSSR count). The molecule has 2 heterocycles. The normalized spacial score (nSPS) is 24.0. The van der Waals surface area contributed by atoms with Crippen molar-refractivity contribution in [3.63, 3.8) is 0 Å². The Morgan fingerprint density at radius 2 is 2.28 bits per heavy atom. The summed E-state index contributed by atoms with van der Waals surface area (Å²) in [5, 5.41) is 7.51. The van der Waals surface area contributed by atoms with Crippen LogP contribution >= 0.6 is 0 Å². The van der Waals surface area contributed by atoms with Crippen LogP contribution in [0.5, 0.6) is 0 Å². The smallest absolute Gasteiger partial charge is 0.240 e. The molecular weight excluding hydrogens is 228 g/mol. The minimum Gasteiger partial charge on any atom is -0.338 e. The Balaban J connectivity index is 1.62. The Hall–Kier alpha value is -0.940. The molecule has 1 saturated carbocycles. The van der Waals surface area contributed by atoms with Gasteiger partial charge in [0.2, 0.25) is 5.89 Å². The molecule has 0 amide bonds. The zero-order valence-electron chi connectivity index (χ0n) is 11.1. The first kappa shape index (κ1) is 12.1. The second-order valence-corrected chi connectivity index (χ2v) is 5.44. The summed E-state index contributed by atoms with van der Waals surface area (Å²) in [6, 6.07) is 0.626. The molecular formula is C13H22N4O. The number of nitrogens with zero attached hydrogens (tertiary/aromatic N) is 3. The van der Waals surface area contributed by atoms with Crippen LogP contribution < -0.4 is 5.32 Å². The third kappa shape index (κ3) is 2.72. The highest BCUT2D eigenvalue weighted by Crippen LogP contribution is 2.38. The molecule has 1 aromatic rings. The molecule has 18 heavy (non-hydrogen) atoms. The van der Waals surface area contributed by atoms with Crippen molar-refractivity contribution in [1.82, 2.24) is 20.4 Å². The van der Waals surface area contributed by atoms with E-state index in [-0.39, 0.29) is 0 Å². The van der Waals surface area contributed by atoms with Gasteiger partial charge in [-0.1, -0.05) is 12.1 Å². The maximum absolute atomic E-state index is 5.38. The van der Waals surface area contributed by atoms with E-state index in [9.17, 15) is 0 Å². The van der Waals surface area contributed by atoms with E-state index in [0.717, 1.165) is 37.9 Å². The van der Waals surface area contributed by atoms with Crippen LogP contribution in [0.15, 0.2) is 4.52 Å². The quantitative estimate of drug-likeness (QED) is 0.829. The molecule has 0 radical (unpaired) electrons. The van der Waals surface area contributed by atoms with Gasteiger partial charge in [0, 0.05) is 18.5 Å². The minimum absolute atomic E-state index is 0.579. The van der Waals surface area contributed by atoms with Gasteiger partial charge in [0.05, 0.1) is 6.54 Å². The first-order valence-corrected chi connectivity index (χ1v) is 7.14. The van der Waals surface area contributed by atoms with Gasteiger partial charge in [0.25, 0.3) is 0 Å². The standard InChI is InChI=1S/C13H22N4O/c1-2-7-17(11-5-6-14-8-11)9-12-15-13(16-18-12)10-3-4-10/h10-11,14H,2-9H2,1H3. The van der Waals surface area contributed by atoms with Crippen LogP contribution in [0.25, 0.3) is 0 Å². The summed E-state index contributed by atoms with van der Waals surface area (Å²) in [6.07, 6.45) is 4.85. The molecule has 1 aliphatic carbocycles. The SMILES string of the molecule is CCCN(Cc1nc(C2CC2)no1)C1CCNC1. The summed E-state index contributed by atoms with van der Waals surface area (Å²) in [5.74, 6) is 2.29. The topological polar surface area (TPSA) is 54.2 Å². The zero-order chi connectivity index (χ0) is 12.4. The molecule has 5 heteroatoms. The van der Waals surface area contributed by atoms with Crippen molar-refractivity contribution in [3.8, 4) is 0 Å². The van der Waals surface area contributed by atoms with Gasteiger partial charge in [-0.15, -0.1) is 0 Å². The monoisotopic (exact) mass is 250 g/mol. The number of rotatable bonds is 6. The molecule has 0 spiro atoms. The molecule has 1 atom stereocenters. The molecule has 0 bridgehead atoms. The van der Waals surface area contributed by atoms with Crippen molar-refractivity contribution in [1.29, 1.82) is 0 Å². The van der Waals surface area contributed by atoms with Crippen LogP contribution in [-0.4, -0.2) is 40.7 Å². The van der Waals surface area contributed by atoms with Gasteiger partial charge in [-0.25, -0.2) is 0 Å². The fourth-order valence-corrected chi connectivity index (χ4v) is 2.64. The average Bonchev–Trinajstić information content (AvgIpc) is 2.92. The summed E-state index contributed by atoms with van der Waals surface area (Å²) in [5.41, 5.74) is 0. The molecule has 0 aromatic carbocycles. The molecule has 1 saturated heterocycles. The van der Waals surface area contributed by atoms with E-state index < -0.39 is 0 Å². The Bertz CT molecular complexity index is 382. The first-order chi connectivity index (χ1) is 8.86. The Morgan fingerprint density at radius 3 is 2.94 bits per heavy atom. The van der Waals surface area contributed by atoms with E-state index in [4.69, 9.17) is 4.52 Å². The largest absolute Gasteiger partial charge is 0.338 e. The molecule has 1 aliphatic heterocycles. The molecule has 100 valence electrons. The third-order valence-corrected chi connectivity index (χ3v) is 3.83. The van der Waals surface area contributed by atoms with Crippen LogP contribution in [0.4, 0.5) is 0 Å². The molecule has 5 nitrogen and oxygen atoms in total. The van der Waals surface area contributed by atoms with Crippen molar-refractivity contribution >= 4 is 0 Å². The highest BCUT2D eigenvalue weighted by Gasteiger charge is 2.29. The van der Waals surface area contributed by atoms with Crippen LogP contribution in [0.1, 0.15) is 50.2 Å². The predicted molar refractivity (Wildman–Crippen MR) is 68.2 cm³/mol. The highest BCUT2D eigenvalue weighted by atomic mass is 16.5. The summed E-state index contributed by atoms with van der Waals surface area (Å²) >= 11 is 0. The van der Waals surface area contributed by atoms with Crippen molar-refractivity contribution in [2.75, 3.05) is 19.6 Å². The molecule has 2 fully saturated rings. The molecule has 1 N–H and O–H groups in total. The summed E-state index contributed by atoms with van der Waals surface area (Å²) in [6.45, 7) is 6.35. The molecule has 1 aromatic heterocycles. The second-order valence-electron chi connectivity index (χ2n) is 5.44. The maximum Gasteiger partial charge on any atom is 0.240 e. The van der Waals surface area contributed by atoms with Crippen molar-refractivity contribution < 1.29 is 4.52 Å². The maximum atomic E-state index is 5.38. The second kappa shape index (κ2) is 5.36. The number of hydrogen-bond donors (Lipinski definition) is 1. The Kier molecular flexibility index (Phi) is 3.61. The zero-order valence-corrected chi connectivity index (χ0v) is 11.1. The van der Waals surface area contributed by atoms with Gasteiger partial charge in [-0.2, -0.15) is 4.98 Å². The van der Waals surface area contributed by atoms with Gasteiger partial charge < -0.3 is 9.84 Å². The lowest BCUT2D eigenvalue weighted by Crippen LogP contribution is -2.37. The minimum atomic E-state index is 0.579. The number of aromatic nitrogens is 2. The van der Waals surface area contributed by atoms with E-state index in [1.807, 2.05) is 0 Å². The van der Waals surface area contributed by atoms with Gasteiger partial charge >= 0.3 is 0 Å². The number of hydrogen-bond acceptors (Lipinski definition) is 5. The molecule has 1 unspecified atom stereocenters. The van der Waals surface area contributed by atoms with E-state index in [1.54, 1.807) is 0 Å². The lowest BCUT2D eigenvalue weighted by atomic mass is 10.2. The van der Waals surface area contributed by atoms with E-state index in [1.165, 1.54) is 25.7 Å². The highest BCUT2D eigenvalue weighted by molar-refractivity contribution is 5.03. The lowest BCUT2D eigenvalue weighted by molar-refractivity contribution is 0.174. The van der Waals surface area contributed by atoms with Crippen molar-refractivity contribution in [2.24, 2.45) is 0 Å². The van der Waals surface area contributed by atoms with Gasteiger partial charge in [0.15, 0.2) is 5.82 Å². The predicted octanol–water partition coefficient (Wildman–Crippen LogP) is 1.52. The third-order valence-electron chi connectivity index (χ3n) is 3.83. The molecule has 2 aliphatic rings. The van der Waals surface area contributed by atoms with Crippen LogP contribution in [0.2, 0.25) is 0 Å². The van der Waals surface area contributed by atoms with E-state index in [0.29, 0.717) is 12.0 Å². The van der Waals surface area contributed by atoms with E-state index >= 15 is 0 Å². The van der Waals surface area contributed by atoms with Crippen LogP contribution in [0, 0.1) is 0 Å². The fraction of sp³-hybridized carbons (Fsp3) is 0.846. The first-order valence-electron chi connectivity index (χ1n) is 7.14. The lowest BCUT2D eigenvalue weighted by Gasteiger charge is -2.26. The fourth-order valence-electron chi connectivity index (χ4n) is 2.64. The van der Waals surface area contributed by atoms with Gasteiger partial charge in [0.1, 0.15) is 0 Å². The van der Waals surface area contributed by atoms with Crippen molar-refractivity contribution in [3.05, 3.63) is 11.7 Å². The summed E-state index contributed by atoms with van der Waals surface area (Å²) < 4.78 is 5.38. The van der Waals surface area contributed by atoms with Crippen LogP contribution in [0.3, 0.4) is 0 Å². The summed E-state index contributed by atoms with van der Waals surface area (Å²) in [4.78, 5) is 7.00. The Labute approximate surface area is 108 Å². The summed E-state index contributed by atoms with van der Waals surface area (Å²) in [7, 11) is 0. The van der Waals surface area contributed by atoms with Gasteiger partial charge in [-0.05, 0) is 38.8 Å². The van der Waals surface area contributed by atoms with Crippen LogP contribution in [-0.2, 0) is 6.54 Å². The van der Waals surface area contributed by atoms with Gasteiger partial charge in [-0.3, -0.25) is 4.90 Å².